The highest BCUT2D eigenvalue weighted by atomic mass is 19.4. The predicted octanol–water partition coefficient (Wildman–Crippen LogP) is 3.42. The van der Waals surface area contributed by atoms with Gasteiger partial charge in [-0.1, -0.05) is 0 Å². The maximum absolute atomic E-state index is 12.4. The first-order valence-electron chi connectivity index (χ1n) is 6.30. The minimum Gasteiger partial charge on any atom is -0.326 e. The predicted molar refractivity (Wildman–Crippen MR) is 72.4 cm³/mol. The molecule has 3 nitrogen and oxygen atoms in total. The lowest BCUT2D eigenvalue weighted by atomic mass is 10.1. The summed E-state index contributed by atoms with van der Waals surface area (Å²) in [6, 6.07) is 4.39. The second-order valence-corrected chi connectivity index (χ2v) is 5.55. The van der Waals surface area contributed by atoms with E-state index in [1.54, 1.807) is 0 Å². The lowest BCUT2D eigenvalue weighted by Gasteiger charge is -2.20. The molecule has 1 aromatic rings. The molecule has 0 aliphatic carbocycles. The number of benzene rings is 1. The number of anilines is 1. The lowest BCUT2D eigenvalue weighted by molar-refractivity contribution is -0.137. The van der Waals surface area contributed by atoms with Crippen LogP contribution in [0.4, 0.5) is 18.9 Å². The van der Waals surface area contributed by atoms with Crippen LogP contribution in [0.5, 0.6) is 0 Å². The van der Waals surface area contributed by atoms with Crippen LogP contribution in [-0.2, 0) is 11.0 Å². The average Bonchev–Trinajstić information content (AvgIpc) is 2.26. The molecule has 0 bridgehead atoms. The van der Waals surface area contributed by atoms with E-state index in [0.717, 1.165) is 12.1 Å². The van der Waals surface area contributed by atoms with Crippen molar-refractivity contribution in [1.82, 2.24) is 5.32 Å². The molecule has 20 heavy (non-hydrogen) atoms. The van der Waals surface area contributed by atoms with E-state index in [4.69, 9.17) is 0 Å². The Kier molecular flexibility index (Phi) is 5.16. The van der Waals surface area contributed by atoms with Gasteiger partial charge in [0.25, 0.3) is 0 Å². The molecular weight excluding hydrogens is 269 g/mol. The quantitative estimate of drug-likeness (QED) is 0.891. The summed E-state index contributed by atoms with van der Waals surface area (Å²) in [5, 5.41) is 5.72. The smallest absolute Gasteiger partial charge is 0.326 e. The molecule has 1 amide bonds. The van der Waals surface area contributed by atoms with Crippen molar-refractivity contribution >= 4 is 11.6 Å². The molecule has 0 saturated carbocycles. The van der Waals surface area contributed by atoms with Gasteiger partial charge in [-0.3, -0.25) is 4.79 Å². The Morgan fingerprint density at radius 3 is 2.10 bits per heavy atom. The highest BCUT2D eigenvalue weighted by molar-refractivity contribution is 5.90. The van der Waals surface area contributed by atoms with E-state index in [0.29, 0.717) is 12.2 Å². The number of hydrogen-bond donors (Lipinski definition) is 2. The van der Waals surface area contributed by atoms with Crippen molar-refractivity contribution in [3.8, 4) is 0 Å². The summed E-state index contributed by atoms with van der Waals surface area (Å²) in [4.78, 5) is 11.6. The van der Waals surface area contributed by atoms with Crippen LogP contribution >= 0.6 is 0 Å². The molecule has 0 aromatic heterocycles. The van der Waals surface area contributed by atoms with Crippen LogP contribution < -0.4 is 10.6 Å². The van der Waals surface area contributed by atoms with E-state index in [1.807, 2.05) is 20.8 Å². The van der Waals surface area contributed by atoms with Gasteiger partial charge in [0.1, 0.15) is 0 Å². The number of alkyl halides is 3. The summed E-state index contributed by atoms with van der Waals surface area (Å²) in [5.74, 6) is -0.235. The largest absolute Gasteiger partial charge is 0.416 e. The summed E-state index contributed by atoms with van der Waals surface area (Å²) in [6.07, 6.45) is -4.10. The van der Waals surface area contributed by atoms with Crippen LogP contribution in [0.2, 0.25) is 0 Å². The Balaban J connectivity index is 2.47. The van der Waals surface area contributed by atoms with Gasteiger partial charge in [0.2, 0.25) is 5.91 Å². The summed E-state index contributed by atoms with van der Waals surface area (Å²) in [6.45, 7) is 6.47. The van der Waals surface area contributed by atoms with E-state index in [1.165, 1.54) is 12.1 Å². The van der Waals surface area contributed by atoms with Crippen LogP contribution in [-0.4, -0.2) is 18.0 Å². The molecule has 112 valence electrons. The van der Waals surface area contributed by atoms with E-state index in [2.05, 4.69) is 10.6 Å². The summed E-state index contributed by atoms with van der Waals surface area (Å²) in [5.41, 5.74) is -0.446. The topological polar surface area (TPSA) is 41.1 Å². The summed E-state index contributed by atoms with van der Waals surface area (Å²) >= 11 is 0. The van der Waals surface area contributed by atoms with Crippen LogP contribution in [0, 0.1) is 0 Å². The first-order chi connectivity index (χ1) is 9.08. The van der Waals surface area contributed by atoms with Gasteiger partial charge in [-0.2, -0.15) is 13.2 Å². The third kappa shape index (κ3) is 6.06. The second kappa shape index (κ2) is 6.26. The van der Waals surface area contributed by atoms with Crippen molar-refractivity contribution in [3.05, 3.63) is 29.8 Å². The zero-order valence-corrected chi connectivity index (χ0v) is 11.8. The maximum Gasteiger partial charge on any atom is 0.416 e. The number of halogens is 3. The Labute approximate surface area is 116 Å². The monoisotopic (exact) mass is 288 g/mol. The Morgan fingerprint density at radius 1 is 1.10 bits per heavy atom. The Bertz CT molecular complexity index is 447. The summed E-state index contributed by atoms with van der Waals surface area (Å²) in [7, 11) is 0. The molecule has 1 rings (SSSR count). The van der Waals surface area contributed by atoms with E-state index in [9.17, 15) is 18.0 Å². The first-order valence-corrected chi connectivity index (χ1v) is 6.30. The van der Waals surface area contributed by atoms with Gasteiger partial charge in [-0.05, 0) is 45.0 Å². The fourth-order valence-corrected chi connectivity index (χ4v) is 1.52. The van der Waals surface area contributed by atoms with Crippen LogP contribution in [0.15, 0.2) is 24.3 Å². The third-order valence-corrected chi connectivity index (χ3v) is 2.50. The van der Waals surface area contributed by atoms with Crippen molar-refractivity contribution in [2.45, 2.75) is 38.9 Å². The average molecular weight is 288 g/mol. The van der Waals surface area contributed by atoms with Crippen molar-refractivity contribution in [1.29, 1.82) is 0 Å². The number of carbonyl (C=O) groups excluding carboxylic acids is 1. The third-order valence-electron chi connectivity index (χ3n) is 2.50. The number of nitrogens with one attached hydrogen (secondary N) is 2. The Hall–Kier alpha value is -1.56. The highest BCUT2D eigenvalue weighted by Crippen LogP contribution is 2.29. The molecular formula is C14H19F3N2O. The van der Waals surface area contributed by atoms with Crippen molar-refractivity contribution in [2.75, 3.05) is 11.9 Å². The molecule has 0 fully saturated rings. The van der Waals surface area contributed by atoms with Crippen molar-refractivity contribution in [2.24, 2.45) is 0 Å². The molecule has 6 heteroatoms. The molecule has 0 unspecified atom stereocenters. The van der Waals surface area contributed by atoms with Crippen molar-refractivity contribution in [3.63, 3.8) is 0 Å². The van der Waals surface area contributed by atoms with Gasteiger partial charge in [-0.25, -0.2) is 0 Å². The van der Waals surface area contributed by atoms with Crippen LogP contribution in [0.25, 0.3) is 0 Å². The number of hydrogen-bond acceptors (Lipinski definition) is 2. The molecule has 1 aromatic carbocycles. The van der Waals surface area contributed by atoms with Gasteiger partial charge in [-0.15, -0.1) is 0 Å². The van der Waals surface area contributed by atoms with E-state index < -0.39 is 11.7 Å². The molecule has 0 radical (unpaired) electrons. The van der Waals surface area contributed by atoms with Gasteiger partial charge in [0.05, 0.1) is 5.56 Å². The lowest BCUT2D eigenvalue weighted by Crippen LogP contribution is -2.37. The maximum atomic E-state index is 12.4. The fourth-order valence-electron chi connectivity index (χ4n) is 1.52. The number of carbonyl (C=O) groups is 1. The number of rotatable bonds is 4. The molecule has 0 spiro atoms. The zero-order valence-electron chi connectivity index (χ0n) is 11.8. The first kappa shape index (κ1) is 16.5. The van der Waals surface area contributed by atoms with Crippen molar-refractivity contribution < 1.29 is 18.0 Å². The normalized spacial score (nSPS) is 12.3. The second-order valence-electron chi connectivity index (χ2n) is 5.55. The van der Waals surface area contributed by atoms with E-state index in [-0.39, 0.29) is 17.9 Å². The van der Waals surface area contributed by atoms with Gasteiger partial charge < -0.3 is 10.6 Å². The molecule has 0 heterocycles. The molecule has 2 N–H and O–H groups in total. The minimum atomic E-state index is -4.36. The molecule has 0 saturated heterocycles. The molecule has 0 aliphatic heterocycles. The minimum absolute atomic E-state index is 0.0748. The van der Waals surface area contributed by atoms with E-state index >= 15 is 0 Å². The Morgan fingerprint density at radius 2 is 1.65 bits per heavy atom. The molecule has 0 aliphatic rings. The van der Waals surface area contributed by atoms with Gasteiger partial charge in [0, 0.05) is 24.2 Å². The SMILES string of the molecule is CC(C)(C)NCCC(=O)Nc1ccc(C(F)(F)F)cc1. The number of amides is 1. The fraction of sp³-hybridized carbons (Fsp3) is 0.500. The standard InChI is InChI=1S/C14H19F3N2O/c1-13(2,3)18-9-8-12(20)19-11-6-4-10(5-7-11)14(15,16)17/h4-7,18H,8-9H2,1-3H3,(H,19,20). The zero-order chi connectivity index (χ0) is 15.4. The molecule has 0 atom stereocenters. The van der Waals surface area contributed by atoms with Gasteiger partial charge >= 0.3 is 6.18 Å². The highest BCUT2D eigenvalue weighted by Gasteiger charge is 2.29. The summed E-state index contributed by atoms with van der Waals surface area (Å²) < 4.78 is 37.1. The van der Waals surface area contributed by atoms with Crippen LogP contribution in [0.1, 0.15) is 32.8 Å². The van der Waals surface area contributed by atoms with Crippen LogP contribution in [0.3, 0.4) is 0 Å². The van der Waals surface area contributed by atoms with Gasteiger partial charge in [0.15, 0.2) is 0 Å².